The van der Waals surface area contributed by atoms with Crippen LogP contribution < -0.4 is 5.32 Å². The smallest absolute Gasteiger partial charge is 0.168 e. The van der Waals surface area contributed by atoms with Gasteiger partial charge in [0, 0.05) is 18.9 Å². The first kappa shape index (κ1) is 14.3. The molecule has 0 radical (unpaired) electrons. The van der Waals surface area contributed by atoms with Crippen LogP contribution in [0.3, 0.4) is 0 Å². The molecule has 0 unspecified atom stereocenters. The largest absolute Gasteiger partial charge is 0.365 e. The summed E-state index contributed by atoms with van der Waals surface area (Å²) < 4.78 is 14.8. The molecular formula is C17H13FN6. The Kier molecular flexibility index (Phi) is 3.59. The van der Waals surface area contributed by atoms with Crippen LogP contribution in [0.4, 0.5) is 10.2 Å². The van der Waals surface area contributed by atoms with Gasteiger partial charge in [-0.25, -0.2) is 19.0 Å². The van der Waals surface area contributed by atoms with Gasteiger partial charge in [-0.2, -0.15) is 5.10 Å². The van der Waals surface area contributed by atoms with Crippen molar-refractivity contribution in [3.05, 3.63) is 72.7 Å². The van der Waals surface area contributed by atoms with Crippen LogP contribution >= 0.6 is 0 Å². The van der Waals surface area contributed by atoms with Gasteiger partial charge in [-0.15, -0.1) is 0 Å². The lowest BCUT2D eigenvalue weighted by molar-refractivity contribution is 0.627. The summed E-state index contributed by atoms with van der Waals surface area (Å²) in [6, 6.07) is 9.98. The van der Waals surface area contributed by atoms with Crippen molar-refractivity contribution < 1.29 is 4.39 Å². The number of nitrogens with one attached hydrogen (secondary N) is 1. The zero-order valence-electron chi connectivity index (χ0n) is 12.6. The van der Waals surface area contributed by atoms with Crippen molar-refractivity contribution in [3.63, 3.8) is 0 Å². The highest BCUT2D eigenvalue weighted by molar-refractivity contribution is 5.87. The summed E-state index contributed by atoms with van der Waals surface area (Å²) in [6.45, 7) is 0.599. The van der Waals surface area contributed by atoms with E-state index in [9.17, 15) is 4.39 Å². The Morgan fingerprint density at radius 3 is 2.71 bits per heavy atom. The number of aromatic nitrogens is 5. The van der Waals surface area contributed by atoms with E-state index in [1.165, 1.54) is 18.5 Å². The molecule has 6 nitrogen and oxygen atoms in total. The number of halogens is 1. The number of hydrogen-bond donors (Lipinski definition) is 1. The molecule has 3 aromatic heterocycles. The zero-order valence-corrected chi connectivity index (χ0v) is 12.6. The molecule has 0 saturated carbocycles. The Labute approximate surface area is 137 Å². The van der Waals surface area contributed by atoms with E-state index < -0.39 is 0 Å². The number of hydrogen-bond acceptors (Lipinski definition) is 5. The van der Waals surface area contributed by atoms with Gasteiger partial charge in [0.25, 0.3) is 0 Å². The van der Waals surface area contributed by atoms with Gasteiger partial charge in [0.1, 0.15) is 18.0 Å². The molecule has 1 aromatic carbocycles. The molecule has 0 aliphatic heterocycles. The highest BCUT2D eigenvalue weighted by atomic mass is 19.1. The Balaban J connectivity index is 1.67. The standard InChI is InChI=1S/C17H13FN6/c18-13-3-5-14(6-4-13)24-17-15(10-23-24)16(21-11-22-17)20-9-12-2-1-7-19-8-12/h1-8,10-11H,9H2,(H,20,21,22). The molecule has 0 aliphatic carbocycles. The predicted molar refractivity (Wildman–Crippen MR) is 88.2 cm³/mol. The lowest BCUT2D eigenvalue weighted by Crippen LogP contribution is -2.03. The van der Waals surface area contributed by atoms with Gasteiger partial charge in [0.05, 0.1) is 17.3 Å². The number of benzene rings is 1. The zero-order chi connectivity index (χ0) is 16.4. The first-order valence-corrected chi connectivity index (χ1v) is 7.39. The van der Waals surface area contributed by atoms with Gasteiger partial charge in [0.15, 0.2) is 5.65 Å². The number of anilines is 1. The minimum atomic E-state index is -0.288. The fourth-order valence-electron chi connectivity index (χ4n) is 2.44. The van der Waals surface area contributed by atoms with Crippen LogP contribution in [0, 0.1) is 5.82 Å². The average Bonchev–Trinajstić information content (AvgIpc) is 3.06. The van der Waals surface area contributed by atoms with Gasteiger partial charge < -0.3 is 5.32 Å². The molecule has 0 saturated heterocycles. The first-order valence-electron chi connectivity index (χ1n) is 7.39. The van der Waals surface area contributed by atoms with Crippen molar-refractivity contribution >= 4 is 16.9 Å². The van der Waals surface area contributed by atoms with Crippen LogP contribution in [-0.4, -0.2) is 24.7 Å². The van der Waals surface area contributed by atoms with Crippen LogP contribution in [0.1, 0.15) is 5.56 Å². The molecule has 0 amide bonds. The molecule has 0 bridgehead atoms. The molecule has 4 rings (SSSR count). The van der Waals surface area contributed by atoms with Crippen LogP contribution in [-0.2, 0) is 6.54 Å². The van der Waals surface area contributed by atoms with Crippen molar-refractivity contribution in [1.82, 2.24) is 24.7 Å². The summed E-state index contributed by atoms with van der Waals surface area (Å²) in [5.41, 5.74) is 2.45. The molecule has 1 N–H and O–H groups in total. The molecular weight excluding hydrogens is 307 g/mol. The quantitative estimate of drug-likeness (QED) is 0.626. The Morgan fingerprint density at radius 1 is 1.04 bits per heavy atom. The number of rotatable bonds is 4. The van der Waals surface area contributed by atoms with Crippen LogP contribution in [0.15, 0.2) is 61.3 Å². The molecule has 0 fully saturated rings. The van der Waals surface area contributed by atoms with E-state index in [1.807, 2.05) is 12.1 Å². The normalized spacial score (nSPS) is 10.9. The van der Waals surface area contributed by atoms with E-state index in [2.05, 4.69) is 25.4 Å². The SMILES string of the molecule is Fc1ccc(-n2ncc3c(NCc4cccnc4)ncnc32)cc1. The molecule has 0 spiro atoms. The van der Waals surface area contributed by atoms with Crippen LogP contribution in [0.25, 0.3) is 16.7 Å². The molecule has 24 heavy (non-hydrogen) atoms. The second kappa shape index (κ2) is 6.04. The molecule has 7 heteroatoms. The monoisotopic (exact) mass is 320 g/mol. The Hall–Kier alpha value is -3.35. The summed E-state index contributed by atoms with van der Waals surface area (Å²) in [7, 11) is 0. The van der Waals surface area contributed by atoms with E-state index in [0.29, 0.717) is 18.0 Å². The van der Waals surface area contributed by atoms with Crippen LogP contribution in [0.5, 0.6) is 0 Å². The molecule has 0 aliphatic rings. The summed E-state index contributed by atoms with van der Waals surface area (Å²) in [5.74, 6) is 0.404. The summed E-state index contributed by atoms with van der Waals surface area (Å²) in [5, 5.41) is 8.42. The molecule has 0 atom stereocenters. The second-order valence-electron chi connectivity index (χ2n) is 5.21. The van der Waals surface area contributed by atoms with Gasteiger partial charge >= 0.3 is 0 Å². The third-order valence-corrected chi connectivity index (χ3v) is 3.62. The van der Waals surface area contributed by atoms with Crippen LogP contribution in [0.2, 0.25) is 0 Å². The van der Waals surface area contributed by atoms with Crippen molar-refractivity contribution in [1.29, 1.82) is 0 Å². The Bertz CT molecular complexity index is 965. The highest BCUT2D eigenvalue weighted by Gasteiger charge is 2.11. The van der Waals surface area contributed by atoms with Crippen molar-refractivity contribution in [2.75, 3.05) is 5.32 Å². The maximum absolute atomic E-state index is 13.1. The predicted octanol–water partition coefficient (Wildman–Crippen LogP) is 2.96. The van der Waals surface area contributed by atoms with Crippen molar-refractivity contribution in [2.24, 2.45) is 0 Å². The van der Waals surface area contributed by atoms with E-state index in [-0.39, 0.29) is 5.82 Å². The molecule has 3 heterocycles. The first-order chi connectivity index (χ1) is 11.8. The Morgan fingerprint density at radius 2 is 1.92 bits per heavy atom. The fraction of sp³-hybridized carbons (Fsp3) is 0.0588. The van der Waals surface area contributed by atoms with Gasteiger partial charge in [-0.05, 0) is 35.9 Å². The molecule has 4 aromatic rings. The lowest BCUT2D eigenvalue weighted by atomic mass is 10.3. The highest BCUT2D eigenvalue weighted by Crippen LogP contribution is 2.22. The minimum Gasteiger partial charge on any atom is -0.365 e. The summed E-state index contributed by atoms with van der Waals surface area (Å²) in [4.78, 5) is 12.7. The van der Waals surface area contributed by atoms with Crippen molar-refractivity contribution in [2.45, 2.75) is 6.54 Å². The van der Waals surface area contributed by atoms with Crippen molar-refractivity contribution in [3.8, 4) is 5.69 Å². The molecule has 118 valence electrons. The number of fused-ring (bicyclic) bond motifs is 1. The number of nitrogens with zero attached hydrogens (tertiary/aromatic N) is 5. The van der Waals surface area contributed by atoms with E-state index >= 15 is 0 Å². The third kappa shape index (κ3) is 2.67. The lowest BCUT2D eigenvalue weighted by Gasteiger charge is -2.07. The summed E-state index contributed by atoms with van der Waals surface area (Å²) in [6.07, 6.45) is 6.71. The maximum Gasteiger partial charge on any atom is 0.168 e. The number of pyridine rings is 1. The van der Waals surface area contributed by atoms with E-state index in [1.54, 1.807) is 35.4 Å². The summed E-state index contributed by atoms with van der Waals surface area (Å²) >= 11 is 0. The van der Waals surface area contributed by atoms with E-state index in [0.717, 1.165) is 16.6 Å². The topological polar surface area (TPSA) is 68.5 Å². The third-order valence-electron chi connectivity index (χ3n) is 3.62. The van der Waals surface area contributed by atoms with Gasteiger partial charge in [-0.3, -0.25) is 4.98 Å². The average molecular weight is 320 g/mol. The van der Waals surface area contributed by atoms with E-state index in [4.69, 9.17) is 0 Å². The maximum atomic E-state index is 13.1. The second-order valence-corrected chi connectivity index (χ2v) is 5.21. The minimum absolute atomic E-state index is 0.288. The van der Waals surface area contributed by atoms with Gasteiger partial charge in [0.2, 0.25) is 0 Å². The fourth-order valence-corrected chi connectivity index (χ4v) is 2.44. The van der Waals surface area contributed by atoms with Gasteiger partial charge in [-0.1, -0.05) is 6.07 Å².